The van der Waals surface area contributed by atoms with E-state index in [1.54, 1.807) is 41.5 Å². The summed E-state index contributed by atoms with van der Waals surface area (Å²) in [5, 5.41) is 48.5. The summed E-state index contributed by atoms with van der Waals surface area (Å²) >= 11 is 0. The summed E-state index contributed by atoms with van der Waals surface area (Å²) in [6.07, 6.45) is -0.109. The van der Waals surface area contributed by atoms with Crippen LogP contribution in [-0.2, 0) is 71.9 Å². The highest BCUT2D eigenvalue weighted by atomic mass is 16.4. The summed E-state index contributed by atoms with van der Waals surface area (Å²) in [6, 6.07) is -16.5. The fourth-order valence-corrected chi connectivity index (χ4v) is 8.88. The van der Waals surface area contributed by atoms with Gasteiger partial charge < -0.3 is 108 Å². The minimum atomic E-state index is -1.79. The Kier molecular flexibility index (Phi) is 40.6. The second kappa shape index (κ2) is 45.0. The molecule has 0 heterocycles. The van der Waals surface area contributed by atoms with Crippen molar-refractivity contribution in [1.29, 1.82) is 0 Å². The van der Waals surface area contributed by atoms with Crippen molar-refractivity contribution in [3.05, 3.63) is 0 Å². The summed E-state index contributed by atoms with van der Waals surface area (Å²) in [6.45, 7) is 16.3. The first-order valence-electron chi connectivity index (χ1n) is 32.0. The monoisotopic (exact) mass is 1370 g/mol. The molecule has 0 fully saturated rings. The highest BCUT2D eigenvalue weighted by Gasteiger charge is 2.36. The number of aliphatic carboxylic acids is 2. The van der Waals surface area contributed by atoms with Gasteiger partial charge in [0.05, 0.1) is 19.0 Å². The Hall–Kier alpha value is -9.45. The number of nitrogens with one attached hydrogen (secondary N) is 12. The van der Waals surface area contributed by atoms with Crippen molar-refractivity contribution in [2.45, 2.75) is 232 Å². The number of amides is 13. The summed E-state index contributed by atoms with van der Waals surface area (Å²) < 4.78 is 0. The van der Waals surface area contributed by atoms with Gasteiger partial charge in [-0.15, -0.1) is 0 Å². The van der Waals surface area contributed by atoms with Gasteiger partial charge in [-0.05, 0) is 90.4 Å². The van der Waals surface area contributed by atoms with Crippen LogP contribution >= 0.6 is 0 Å². The molecule has 13 amide bonds. The molecule has 0 aromatic carbocycles. The third-order valence-electron chi connectivity index (χ3n) is 15.0. The number of hydrogen-bond acceptors (Lipinski definition) is 18. The lowest BCUT2D eigenvalue weighted by Crippen LogP contribution is -2.60. The molecule has 26 N–H and O–H groups in total. The molecule has 14 atom stereocenters. The van der Waals surface area contributed by atoms with Gasteiger partial charge in [-0.25, -0.2) is 4.79 Å². The number of carboxylic acids is 2. The lowest BCUT2D eigenvalue weighted by molar-refractivity contribution is -0.143. The van der Waals surface area contributed by atoms with Crippen LogP contribution in [0, 0.1) is 17.8 Å². The Balaban J connectivity index is 6.80. The molecule has 0 saturated carbocycles. The molecule has 0 aliphatic carbocycles. The van der Waals surface area contributed by atoms with Crippen molar-refractivity contribution in [3.63, 3.8) is 0 Å². The largest absolute Gasteiger partial charge is 0.481 e. The normalized spacial score (nSPS) is 15.3. The molecule has 0 radical (unpaired) electrons. The minimum Gasteiger partial charge on any atom is -0.481 e. The molecule has 0 saturated heterocycles. The Bertz CT molecular complexity index is 2720. The maximum Gasteiger partial charge on any atom is 0.326 e. The van der Waals surface area contributed by atoms with Gasteiger partial charge in [0, 0.05) is 19.5 Å². The van der Waals surface area contributed by atoms with Gasteiger partial charge in [0.25, 0.3) is 0 Å². The molecule has 37 heteroatoms. The zero-order valence-electron chi connectivity index (χ0n) is 56.9. The van der Waals surface area contributed by atoms with Crippen LogP contribution < -0.4 is 98.2 Å². The van der Waals surface area contributed by atoms with E-state index < -0.39 is 187 Å². The molecule has 0 aliphatic heterocycles. The average molecular weight is 1370 g/mol. The first-order valence-corrected chi connectivity index (χ1v) is 32.0. The van der Waals surface area contributed by atoms with Gasteiger partial charge in [0.1, 0.15) is 66.5 Å². The van der Waals surface area contributed by atoms with E-state index in [1.165, 1.54) is 27.7 Å². The van der Waals surface area contributed by atoms with E-state index in [2.05, 4.69) is 73.8 Å². The van der Waals surface area contributed by atoms with Gasteiger partial charge in [-0.1, -0.05) is 74.1 Å². The number of primary amides is 1. The van der Waals surface area contributed by atoms with Gasteiger partial charge in [-0.3, -0.25) is 77.1 Å². The number of hydrogen-bond donors (Lipinski definition) is 20. The van der Waals surface area contributed by atoms with E-state index in [1.807, 2.05) is 6.92 Å². The zero-order valence-corrected chi connectivity index (χ0v) is 56.9. The number of carboxylic acid groups (broad SMARTS) is 2. The maximum absolute atomic E-state index is 14.5. The molecule has 0 aromatic heterocycles. The summed E-state index contributed by atoms with van der Waals surface area (Å²) in [5.41, 5.74) is 33.2. The molecule has 37 nitrogen and oxygen atoms in total. The molecule has 0 unspecified atom stereocenters. The SMILES string of the molecule is CCCC[C@H](NC(=O)[C@H](C)NC(=O)[C@H](CC(=O)O)NC(=O)CNC(=O)[C@@H](NC(=O)[C@H](CCCN=C(N)N)NC(=O)[C@H](CCCN=C(N)N)NC(=O)[C@H](CC(C)C)NC(=O)[C@H](C)NC(=O)[C@H](CCC(N)=O)NC(=O)[C@H](C)NC(=O)[C@@H](NC(=O)[C@H](C)N)[C@@H](C)CC)[C@@H](C)CC)C(=O)O. The molecule has 0 bridgehead atoms. The fourth-order valence-electron chi connectivity index (χ4n) is 8.88. The van der Waals surface area contributed by atoms with Gasteiger partial charge in [-0.2, -0.15) is 0 Å². The molecule has 0 spiro atoms. The van der Waals surface area contributed by atoms with Crippen molar-refractivity contribution in [2.24, 2.45) is 62.1 Å². The Morgan fingerprint density at radius 2 is 0.781 bits per heavy atom. The third-order valence-corrected chi connectivity index (χ3v) is 15.0. The first-order chi connectivity index (χ1) is 44.8. The Morgan fingerprint density at radius 1 is 0.406 bits per heavy atom. The van der Waals surface area contributed by atoms with Crippen molar-refractivity contribution >= 4 is 101 Å². The zero-order chi connectivity index (χ0) is 73.7. The maximum atomic E-state index is 14.5. The van der Waals surface area contributed by atoms with Crippen LogP contribution in [0.5, 0.6) is 0 Å². The van der Waals surface area contributed by atoms with Crippen molar-refractivity contribution < 1.29 is 82.1 Å². The topological polar surface area (TPSA) is 622 Å². The third kappa shape index (κ3) is 34.6. The smallest absolute Gasteiger partial charge is 0.326 e. The van der Waals surface area contributed by atoms with E-state index in [4.69, 9.17) is 34.4 Å². The summed E-state index contributed by atoms with van der Waals surface area (Å²) in [5.74, 6) is -16.5. The summed E-state index contributed by atoms with van der Waals surface area (Å²) in [7, 11) is 0. The second-order valence-electron chi connectivity index (χ2n) is 24.0. The molecular weight excluding hydrogens is 1260 g/mol. The highest BCUT2D eigenvalue weighted by molar-refractivity contribution is 6.00. The van der Waals surface area contributed by atoms with Crippen LogP contribution in [0.15, 0.2) is 9.98 Å². The number of carbonyl (C=O) groups excluding carboxylic acids is 13. The number of aliphatic imine (C=N–C) groups is 2. The Morgan fingerprint density at radius 3 is 1.20 bits per heavy atom. The van der Waals surface area contributed by atoms with E-state index >= 15 is 0 Å². The number of guanidine groups is 2. The number of nitrogens with zero attached hydrogens (tertiary/aromatic N) is 2. The van der Waals surface area contributed by atoms with Crippen LogP contribution in [0.25, 0.3) is 0 Å². The van der Waals surface area contributed by atoms with E-state index in [0.717, 1.165) is 0 Å². The molecule has 96 heavy (non-hydrogen) atoms. The number of nitrogens with two attached hydrogens (primary N) is 6. The lowest BCUT2D eigenvalue weighted by Gasteiger charge is -2.29. The van der Waals surface area contributed by atoms with Gasteiger partial charge >= 0.3 is 11.9 Å². The van der Waals surface area contributed by atoms with Crippen LogP contribution in [-0.4, -0.2) is 203 Å². The fraction of sp³-hybridized carbons (Fsp3) is 0.712. The van der Waals surface area contributed by atoms with Crippen LogP contribution in [0.4, 0.5) is 0 Å². The van der Waals surface area contributed by atoms with Crippen molar-refractivity contribution in [1.82, 2.24) is 63.8 Å². The predicted octanol–water partition coefficient (Wildman–Crippen LogP) is -5.90. The second-order valence-corrected chi connectivity index (χ2v) is 24.0. The molecule has 0 aromatic rings. The first kappa shape index (κ1) is 86.5. The van der Waals surface area contributed by atoms with Crippen LogP contribution in [0.1, 0.15) is 160 Å². The van der Waals surface area contributed by atoms with Gasteiger partial charge in [0.15, 0.2) is 11.9 Å². The van der Waals surface area contributed by atoms with Crippen molar-refractivity contribution in [2.75, 3.05) is 19.6 Å². The van der Waals surface area contributed by atoms with Crippen LogP contribution in [0.2, 0.25) is 0 Å². The lowest BCUT2D eigenvalue weighted by atomic mass is 9.97. The average Bonchev–Trinajstić information content (AvgIpc) is 0.931. The Labute approximate surface area is 558 Å². The molecular formula is C59H106N20O17. The standard InChI is InChI=1S/C59H106N20O17/c1-12-15-18-38(57(95)96)76-48(86)32(9)70-53(91)40(26-43(82)83)72-42(81)27-68-55(93)44(29(6)13-2)79-52(90)36(20-17-24-67-59(64)65)74-51(89)35(19-16-23-66-58(62)63)75-54(92)39(25-28(4)5)77-49(87)33(10)69-50(88)37(21-22-41(61)80)73-47(85)34(11)71-56(94)45(30(7)14-3)78-46(84)31(8)60/h28-40,44-45H,12-27,60H2,1-11H3,(H2,61,80)(H,68,93)(H,69,88)(H,70,91)(H,71,94)(H,72,81)(H,73,85)(H,74,89)(H,75,92)(H,76,86)(H,77,87)(H,78,84)(H,79,90)(H,82,83)(H,95,96)(H4,62,63,66)(H4,64,65,67)/t29-,30-,31-,32-,33-,34-,35-,36-,37-,38-,39-,40-,44-,45-/m0/s1. The van der Waals surface area contributed by atoms with E-state index in [-0.39, 0.29) is 88.2 Å². The quantitative estimate of drug-likeness (QED) is 0.0153. The minimum absolute atomic E-state index is 0.0416. The van der Waals surface area contributed by atoms with Crippen molar-refractivity contribution in [3.8, 4) is 0 Å². The molecule has 544 valence electrons. The number of rotatable bonds is 47. The number of carbonyl (C=O) groups is 15. The van der Waals surface area contributed by atoms with E-state index in [9.17, 15) is 82.1 Å². The predicted molar refractivity (Wildman–Crippen MR) is 351 cm³/mol. The van der Waals surface area contributed by atoms with Gasteiger partial charge in [0.2, 0.25) is 76.8 Å². The number of unbranched alkanes of at least 4 members (excludes halogenated alkanes) is 1. The summed E-state index contributed by atoms with van der Waals surface area (Å²) in [4.78, 5) is 206. The van der Waals surface area contributed by atoms with E-state index in [0.29, 0.717) is 19.3 Å². The molecule has 0 rings (SSSR count). The highest BCUT2D eigenvalue weighted by Crippen LogP contribution is 2.14. The van der Waals surface area contributed by atoms with Crippen LogP contribution in [0.3, 0.4) is 0 Å². The molecule has 0 aliphatic rings.